The third-order valence-corrected chi connectivity index (χ3v) is 6.73. The van der Waals surface area contributed by atoms with Gasteiger partial charge in [-0.15, -0.1) is 11.3 Å². The van der Waals surface area contributed by atoms with E-state index in [-0.39, 0.29) is 17.4 Å². The minimum absolute atomic E-state index is 0.0793. The van der Waals surface area contributed by atoms with Gasteiger partial charge < -0.3 is 14.4 Å². The van der Waals surface area contributed by atoms with Crippen LogP contribution in [0.2, 0.25) is 0 Å². The molecule has 2 aromatic rings. The summed E-state index contributed by atoms with van der Waals surface area (Å²) in [6.45, 7) is 1.87. The van der Waals surface area contributed by atoms with Gasteiger partial charge in [0, 0.05) is 50.5 Å². The standard InChI is InChI=1S/C24H23N5O3S/c1-26-15-19(22-20(16-26)24(32)29(25-22)17-6-3-2-4-7-17)23(31)28-11-9-27(10-12-28)21(30)14-18-8-5-13-33-18/h2-8,13,15-16H,9-12,14H2,1H3. The molecule has 1 aromatic heterocycles. The SMILES string of the molecule is Cn1cc(C(=O)N2CCN(C(=O)Cc3cccs3)CC2)c2nn(-c3ccccc3)c(=O)c-2c1. The molecule has 0 atom stereocenters. The molecule has 0 aliphatic carbocycles. The van der Waals surface area contributed by atoms with E-state index in [0.717, 1.165) is 4.88 Å². The molecule has 3 aliphatic heterocycles. The summed E-state index contributed by atoms with van der Waals surface area (Å²) in [6.07, 6.45) is 3.80. The highest BCUT2D eigenvalue weighted by molar-refractivity contribution is 7.10. The van der Waals surface area contributed by atoms with E-state index in [1.807, 2.05) is 40.6 Å². The molecule has 2 amide bonds. The average Bonchev–Trinajstić information content (AvgIpc) is 3.47. The Morgan fingerprint density at radius 2 is 1.70 bits per heavy atom. The Balaban J connectivity index is 1.37. The Kier molecular flexibility index (Phi) is 5.55. The van der Waals surface area contributed by atoms with Crippen molar-refractivity contribution in [3.8, 4) is 16.9 Å². The Morgan fingerprint density at radius 3 is 2.39 bits per heavy atom. The molecule has 0 radical (unpaired) electrons. The number of nitrogens with zero attached hydrogens (tertiary/aromatic N) is 5. The molecule has 0 N–H and O–H groups in total. The van der Waals surface area contributed by atoms with Crippen LogP contribution in [0.4, 0.5) is 0 Å². The number of hydrogen-bond acceptors (Lipinski definition) is 5. The number of benzene rings is 1. The molecule has 33 heavy (non-hydrogen) atoms. The van der Waals surface area contributed by atoms with Crippen LogP contribution in [0, 0.1) is 0 Å². The summed E-state index contributed by atoms with van der Waals surface area (Å²) in [4.78, 5) is 43.6. The molecule has 0 bridgehead atoms. The first-order valence-corrected chi connectivity index (χ1v) is 11.6. The molecule has 0 unspecified atom stereocenters. The molecule has 9 heteroatoms. The van der Waals surface area contributed by atoms with E-state index in [2.05, 4.69) is 5.10 Å². The fourth-order valence-corrected chi connectivity index (χ4v) is 4.84. The molecule has 1 aromatic carbocycles. The van der Waals surface area contributed by atoms with Crippen LogP contribution in [0.1, 0.15) is 15.2 Å². The summed E-state index contributed by atoms with van der Waals surface area (Å²) in [5.41, 5.74) is 1.57. The molecular formula is C24H23N5O3S. The van der Waals surface area contributed by atoms with E-state index >= 15 is 0 Å². The lowest BCUT2D eigenvalue weighted by molar-refractivity contribution is -0.131. The summed E-state index contributed by atoms with van der Waals surface area (Å²) in [7, 11) is 1.79. The van der Waals surface area contributed by atoms with Crippen molar-refractivity contribution in [3.63, 3.8) is 0 Å². The Labute approximate surface area is 194 Å². The van der Waals surface area contributed by atoms with E-state index in [0.29, 0.717) is 55.1 Å². The molecule has 1 saturated heterocycles. The topological polar surface area (TPSA) is 80.4 Å². The maximum Gasteiger partial charge on any atom is 0.282 e. The van der Waals surface area contributed by atoms with Crippen molar-refractivity contribution in [2.45, 2.75) is 6.42 Å². The van der Waals surface area contributed by atoms with E-state index in [4.69, 9.17) is 0 Å². The highest BCUT2D eigenvalue weighted by Crippen LogP contribution is 2.24. The summed E-state index contributed by atoms with van der Waals surface area (Å²) in [5, 5.41) is 6.47. The third-order valence-electron chi connectivity index (χ3n) is 5.85. The monoisotopic (exact) mass is 461 g/mol. The number of thiophene rings is 1. The van der Waals surface area contributed by atoms with Crippen LogP contribution in [0.25, 0.3) is 16.9 Å². The summed E-state index contributed by atoms with van der Waals surface area (Å²) in [5.74, 6) is -0.102. The second-order valence-electron chi connectivity index (χ2n) is 8.08. The maximum absolute atomic E-state index is 13.4. The molecular weight excluding hydrogens is 438 g/mol. The number of carbonyl (C=O) groups is 2. The lowest BCUT2D eigenvalue weighted by Gasteiger charge is -2.35. The van der Waals surface area contributed by atoms with Gasteiger partial charge in [0.15, 0.2) is 0 Å². The van der Waals surface area contributed by atoms with Crippen molar-refractivity contribution in [2.75, 3.05) is 26.2 Å². The first kappa shape index (κ1) is 21.1. The average molecular weight is 462 g/mol. The number of amides is 2. The summed E-state index contributed by atoms with van der Waals surface area (Å²) >= 11 is 1.57. The van der Waals surface area contributed by atoms with Crippen molar-refractivity contribution in [1.29, 1.82) is 0 Å². The maximum atomic E-state index is 13.4. The van der Waals surface area contributed by atoms with Crippen LogP contribution < -0.4 is 5.56 Å². The number of fused-ring (bicyclic) bond motifs is 1. The second-order valence-corrected chi connectivity index (χ2v) is 9.11. The zero-order valence-electron chi connectivity index (χ0n) is 18.2. The summed E-state index contributed by atoms with van der Waals surface area (Å²) in [6, 6.07) is 13.1. The number of aryl methyl sites for hydroxylation is 1. The quantitative estimate of drug-likeness (QED) is 0.467. The third kappa shape index (κ3) is 4.07. The van der Waals surface area contributed by atoms with Crippen LogP contribution in [0.3, 0.4) is 0 Å². The number of rotatable bonds is 4. The first-order valence-electron chi connectivity index (χ1n) is 10.7. The number of piperazine rings is 1. The minimum Gasteiger partial charge on any atom is -0.356 e. The molecule has 5 rings (SSSR count). The predicted molar refractivity (Wildman–Crippen MR) is 126 cm³/mol. The second kappa shape index (κ2) is 8.67. The van der Waals surface area contributed by atoms with Gasteiger partial charge >= 0.3 is 0 Å². The number of pyridine rings is 1. The van der Waals surface area contributed by atoms with Crippen LogP contribution in [0.15, 0.2) is 65.0 Å². The predicted octanol–water partition coefficient (Wildman–Crippen LogP) is 2.26. The fourth-order valence-electron chi connectivity index (χ4n) is 4.14. The van der Waals surface area contributed by atoms with Gasteiger partial charge in [-0.1, -0.05) is 24.3 Å². The number of carbonyl (C=O) groups excluding carboxylic acids is 2. The van der Waals surface area contributed by atoms with Crippen molar-refractivity contribution in [1.82, 2.24) is 24.1 Å². The summed E-state index contributed by atoms with van der Waals surface area (Å²) < 4.78 is 3.05. The van der Waals surface area contributed by atoms with Gasteiger partial charge in [0.1, 0.15) is 5.69 Å². The van der Waals surface area contributed by atoms with Crippen LogP contribution in [0.5, 0.6) is 0 Å². The van der Waals surface area contributed by atoms with Gasteiger partial charge in [-0.3, -0.25) is 14.4 Å². The van der Waals surface area contributed by atoms with Crippen molar-refractivity contribution in [3.05, 3.63) is 81.0 Å². The Bertz CT molecular complexity index is 1320. The molecule has 8 nitrogen and oxygen atoms in total. The van der Waals surface area contributed by atoms with E-state index in [9.17, 15) is 14.4 Å². The van der Waals surface area contributed by atoms with E-state index in [1.54, 1.807) is 52.4 Å². The molecule has 4 heterocycles. The van der Waals surface area contributed by atoms with E-state index in [1.165, 1.54) is 4.68 Å². The minimum atomic E-state index is -0.259. The van der Waals surface area contributed by atoms with Crippen molar-refractivity contribution >= 4 is 23.2 Å². The number of hydrogen-bond donors (Lipinski definition) is 0. The smallest absolute Gasteiger partial charge is 0.282 e. The largest absolute Gasteiger partial charge is 0.356 e. The number of aromatic nitrogens is 3. The zero-order chi connectivity index (χ0) is 22.9. The lowest BCUT2D eigenvalue weighted by atomic mass is 10.1. The molecule has 0 spiro atoms. The van der Waals surface area contributed by atoms with Gasteiger partial charge in [0.25, 0.3) is 11.5 Å². The first-order chi connectivity index (χ1) is 16.0. The van der Waals surface area contributed by atoms with Gasteiger partial charge in [-0.05, 0) is 23.6 Å². The van der Waals surface area contributed by atoms with Gasteiger partial charge in [-0.25, -0.2) is 0 Å². The highest BCUT2D eigenvalue weighted by Gasteiger charge is 2.30. The van der Waals surface area contributed by atoms with E-state index < -0.39 is 0 Å². The molecule has 3 aliphatic rings. The molecule has 1 fully saturated rings. The van der Waals surface area contributed by atoms with Crippen molar-refractivity contribution < 1.29 is 9.59 Å². The Hall–Kier alpha value is -3.72. The Morgan fingerprint density at radius 1 is 0.970 bits per heavy atom. The fraction of sp³-hybridized carbons (Fsp3) is 0.250. The zero-order valence-corrected chi connectivity index (χ0v) is 19.0. The highest BCUT2D eigenvalue weighted by atomic mass is 32.1. The van der Waals surface area contributed by atoms with Crippen LogP contribution >= 0.6 is 11.3 Å². The molecule has 168 valence electrons. The van der Waals surface area contributed by atoms with Gasteiger partial charge in [0.05, 0.1) is 23.2 Å². The van der Waals surface area contributed by atoms with Gasteiger partial charge in [-0.2, -0.15) is 9.78 Å². The van der Waals surface area contributed by atoms with Crippen LogP contribution in [-0.4, -0.2) is 62.1 Å². The van der Waals surface area contributed by atoms with Crippen molar-refractivity contribution in [2.24, 2.45) is 7.05 Å². The van der Waals surface area contributed by atoms with Gasteiger partial charge in [0.2, 0.25) is 5.91 Å². The molecule has 0 saturated carbocycles. The normalized spacial score (nSPS) is 14.1. The van der Waals surface area contributed by atoms with Crippen LogP contribution in [-0.2, 0) is 18.3 Å². The number of para-hydroxylation sites is 1. The lowest BCUT2D eigenvalue weighted by Crippen LogP contribution is -2.51.